The molecule has 1 aliphatic heterocycles. The van der Waals surface area contributed by atoms with Crippen molar-refractivity contribution in [1.29, 1.82) is 0 Å². The molecule has 2 aromatic rings. The van der Waals surface area contributed by atoms with Crippen molar-refractivity contribution in [3.63, 3.8) is 0 Å². The fraction of sp³-hybridized carbons (Fsp3) is 0.133. The average molecular weight is 283 g/mol. The molecule has 0 fully saturated rings. The van der Waals surface area contributed by atoms with Gasteiger partial charge in [0.15, 0.2) is 0 Å². The number of nitrogens with one attached hydrogen (secondary N) is 2. The molecule has 1 aliphatic rings. The van der Waals surface area contributed by atoms with E-state index in [4.69, 9.17) is 0 Å². The number of amides is 2. The highest BCUT2D eigenvalue weighted by Gasteiger charge is 2.23. The van der Waals surface area contributed by atoms with E-state index in [1.54, 1.807) is 6.07 Å². The lowest BCUT2D eigenvalue weighted by atomic mass is 10.1. The molecule has 0 spiro atoms. The Balaban J connectivity index is 1.91. The van der Waals surface area contributed by atoms with Gasteiger partial charge in [-0.1, -0.05) is 18.2 Å². The van der Waals surface area contributed by atoms with E-state index < -0.39 is 0 Å². The van der Waals surface area contributed by atoms with Gasteiger partial charge in [-0.2, -0.15) is 0 Å². The number of hydrogen-bond acceptors (Lipinski definition) is 3. The van der Waals surface area contributed by atoms with Gasteiger partial charge in [-0.05, 0) is 17.7 Å². The largest absolute Gasteiger partial charge is 0.328 e. The molecule has 2 amide bonds. The number of para-hydroxylation sites is 1. The topological polar surface area (TPSA) is 82.3 Å². The zero-order valence-electron chi connectivity index (χ0n) is 11.1. The predicted molar refractivity (Wildman–Crippen MR) is 76.9 cm³/mol. The molecule has 0 aliphatic carbocycles. The average Bonchev–Trinajstić information content (AvgIpc) is 2.65. The SMILES string of the molecule is O=C1CN(C(=O)c2ccc(=O)[nH]c2)Cc2ccccc2N1. The summed E-state index contributed by atoms with van der Waals surface area (Å²) >= 11 is 0. The Bertz CT molecular complexity index is 746. The van der Waals surface area contributed by atoms with Crippen LogP contribution in [0.1, 0.15) is 15.9 Å². The third kappa shape index (κ3) is 2.69. The van der Waals surface area contributed by atoms with Gasteiger partial charge in [-0.3, -0.25) is 14.4 Å². The van der Waals surface area contributed by atoms with Crippen LogP contribution in [0.4, 0.5) is 5.69 Å². The summed E-state index contributed by atoms with van der Waals surface area (Å²) in [7, 11) is 0. The number of aromatic nitrogens is 1. The van der Waals surface area contributed by atoms with Crippen molar-refractivity contribution >= 4 is 17.5 Å². The van der Waals surface area contributed by atoms with Gasteiger partial charge in [0.2, 0.25) is 11.5 Å². The van der Waals surface area contributed by atoms with Crippen molar-refractivity contribution < 1.29 is 9.59 Å². The number of fused-ring (bicyclic) bond motifs is 1. The monoisotopic (exact) mass is 283 g/mol. The molecule has 2 heterocycles. The number of pyridine rings is 1. The molecule has 6 nitrogen and oxygen atoms in total. The number of H-pyrrole nitrogens is 1. The summed E-state index contributed by atoms with van der Waals surface area (Å²) in [6.07, 6.45) is 1.36. The zero-order chi connectivity index (χ0) is 14.8. The summed E-state index contributed by atoms with van der Waals surface area (Å²) in [5.41, 5.74) is 1.67. The van der Waals surface area contributed by atoms with Crippen LogP contribution in [0.5, 0.6) is 0 Å². The Morgan fingerprint density at radius 1 is 1.05 bits per heavy atom. The molecular formula is C15H13N3O3. The Kier molecular flexibility index (Phi) is 3.27. The number of rotatable bonds is 1. The fourth-order valence-electron chi connectivity index (χ4n) is 2.27. The standard InChI is InChI=1S/C15H13N3O3/c19-13-6-5-10(7-16-13)15(21)18-8-11-3-1-2-4-12(11)17-14(20)9-18/h1-7H,8-9H2,(H,16,19)(H,17,20). The quantitative estimate of drug-likeness (QED) is 0.818. The number of nitrogens with zero attached hydrogens (tertiary/aromatic N) is 1. The van der Waals surface area contributed by atoms with Gasteiger partial charge in [-0.15, -0.1) is 0 Å². The molecule has 21 heavy (non-hydrogen) atoms. The summed E-state index contributed by atoms with van der Waals surface area (Å²) in [6, 6.07) is 10.1. The Morgan fingerprint density at radius 3 is 2.62 bits per heavy atom. The summed E-state index contributed by atoms with van der Waals surface area (Å²) in [4.78, 5) is 39.3. The molecule has 0 radical (unpaired) electrons. The van der Waals surface area contributed by atoms with Gasteiger partial charge in [0.05, 0.1) is 5.56 Å². The number of benzene rings is 1. The van der Waals surface area contributed by atoms with Crippen LogP contribution in [-0.4, -0.2) is 28.2 Å². The fourth-order valence-corrected chi connectivity index (χ4v) is 2.27. The van der Waals surface area contributed by atoms with E-state index in [2.05, 4.69) is 10.3 Å². The third-order valence-electron chi connectivity index (χ3n) is 3.31. The van der Waals surface area contributed by atoms with Crippen molar-refractivity contribution in [1.82, 2.24) is 9.88 Å². The first-order valence-electron chi connectivity index (χ1n) is 6.49. The number of carbonyl (C=O) groups is 2. The zero-order valence-corrected chi connectivity index (χ0v) is 11.1. The molecule has 2 N–H and O–H groups in total. The van der Waals surface area contributed by atoms with E-state index in [0.717, 1.165) is 11.3 Å². The lowest BCUT2D eigenvalue weighted by Gasteiger charge is -2.19. The number of hydrogen-bond donors (Lipinski definition) is 2. The summed E-state index contributed by atoms with van der Waals surface area (Å²) < 4.78 is 0. The smallest absolute Gasteiger partial charge is 0.256 e. The van der Waals surface area contributed by atoms with E-state index in [9.17, 15) is 14.4 Å². The Morgan fingerprint density at radius 2 is 1.86 bits per heavy atom. The second kappa shape index (κ2) is 5.24. The molecule has 106 valence electrons. The number of aromatic amines is 1. The van der Waals surface area contributed by atoms with E-state index in [1.807, 2.05) is 18.2 Å². The molecular weight excluding hydrogens is 270 g/mol. The van der Waals surface area contributed by atoms with Gasteiger partial charge >= 0.3 is 0 Å². The van der Waals surface area contributed by atoms with Crippen LogP contribution in [0.15, 0.2) is 47.4 Å². The van der Waals surface area contributed by atoms with Crippen LogP contribution in [0.25, 0.3) is 0 Å². The van der Waals surface area contributed by atoms with Crippen molar-refractivity contribution in [2.24, 2.45) is 0 Å². The highest BCUT2D eigenvalue weighted by molar-refractivity contribution is 6.00. The van der Waals surface area contributed by atoms with E-state index in [0.29, 0.717) is 12.1 Å². The first-order chi connectivity index (χ1) is 10.1. The summed E-state index contributed by atoms with van der Waals surface area (Å²) in [6.45, 7) is 0.319. The first-order valence-corrected chi connectivity index (χ1v) is 6.49. The van der Waals surface area contributed by atoms with Gasteiger partial charge < -0.3 is 15.2 Å². The maximum Gasteiger partial charge on any atom is 0.256 e. The number of anilines is 1. The van der Waals surface area contributed by atoms with Crippen LogP contribution in [0.2, 0.25) is 0 Å². The minimum absolute atomic E-state index is 0.0212. The van der Waals surface area contributed by atoms with Crippen LogP contribution >= 0.6 is 0 Å². The second-order valence-corrected chi connectivity index (χ2v) is 4.81. The summed E-state index contributed by atoms with van der Waals surface area (Å²) in [5.74, 6) is -0.532. The molecule has 0 atom stereocenters. The minimum atomic E-state index is -0.293. The van der Waals surface area contributed by atoms with Gasteiger partial charge in [0.1, 0.15) is 6.54 Å². The number of carbonyl (C=O) groups excluding carboxylic acids is 2. The predicted octanol–water partition coefficient (Wildman–Crippen LogP) is 0.969. The van der Waals surface area contributed by atoms with Crippen molar-refractivity contribution in [2.45, 2.75) is 6.54 Å². The van der Waals surface area contributed by atoms with Crippen molar-refractivity contribution in [2.75, 3.05) is 11.9 Å². The van der Waals surface area contributed by atoms with E-state index in [1.165, 1.54) is 23.2 Å². The molecule has 3 rings (SSSR count). The van der Waals surface area contributed by atoms with Crippen molar-refractivity contribution in [3.05, 3.63) is 64.1 Å². The highest BCUT2D eigenvalue weighted by atomic mass is 16.2. The maximum absolute atomic E-state index is 12.4. The summed E-state index contributed by atoms with van der Waals surface area (Å²) in [5, 5.41) is 2.78. The first kappa shape index (κ1) is 13.1. The Labute approximate surface area is 120 Å². The van der Waals surface area contributed by atoms with Crippen LogP contribution < -0.4 is 10.9 Å². The molecule has 0 bridgehead atoms. The maximum atomic E-state index is 12.4. The molecule has 0 saturated carbocycles. The van der Waals surface area contributed by atoms with Crippen LogP contribution in [0.3, 0.4) is 0 Å². The molecule has 6 heteroatoms. The van der Waals surface area contributed by atoms with E-state index in [-0.39, 0.29) is 23.9 Å². The third-order valence-corrected chi connectivity index (χ3v) is 3.31. The van der Waals surface area contributed by atoms with Gasteiger partial charge in [0, 0.05) is 24.5 Å². The normalized spacial score (nSPS) is 14.1. The molecule has 0 saturated heterocycles. The van der Waals surface area contributed by atoms with Gasteiger partial charge in [0.25, 0.3) is 5.91 Å². The minimum Gasteiger partial charge on any atom is -0.328 e. The van der Waals surface area contributed by atoms with Crippen molar-refractivity contribution in [3.8, 4) is 0 Å². The van der Waals surface area contributed by atoms with Crippen LogP contribution in [-0.2, 0) is 11.3 Å². The van der Waals surface area contributed by atoms with Crippen LogP contribution in [0, 0.1) is 0 Å². The second-order valence-electron chi connectivity index (χ2n) is 4.81. The molecule has 1 aromatic heterocycles. The lowest BCUT2D eigenvalue weighted by molar-refractivity contribution is -0.116. The molecule has 1 aromatic carbocycles. The highest BCUT2D eigenvalue weighted by Crippen LogP contribution is 2.21. The lowest BCUT2D eigenvalue weighted by Crippen LogP contribution is -2.35. The van der Waals surface area contributed by atoms with E-state index >= 15 is 0 Å². The molecule has 0 unspecified atom stereocenters. The Hall–Kier alpha value is -2.89. The van der Waals surface area contributed by atoms with Gasteiger partial charge in [-0.25, -0.2) is 0 Å².